The van der Waals surface area contributed by atoms with Crippen molar-refractivity contribution in [3.63, 3.8) is 0 Å². The highest BCUT2D eigenvalue weighted by atomic mass is 16.1. The molecule has 1 heterocycles. The fraction of sp³-hybridized carbons (Fsp3) is 0.684. The molecule has 1 amide bonds. The molecule has 4 nitrogen and oxygen atoms in total. The maximum Gasteiger partial charge on any atom is 0.237 e. The molecule has 126 valence electrons. The van der Waals surface area contributed by atoms with Crippen molar-refractivity contribution in [2.24, 2.45) is 0 Å². The van der Waals surface area contributed by atoms with Gasteiger partial charge in [-0.05, 0) is 26.2 Å². The van der Waals surface area contributed by atoms with Gasteiger partial charge < -0.3 is 5.32 Å². The summed E-state index contributed by atoms with van der Waals surface area (Å²) in [6, 6.07) is 2.45. The Balaban J connectivity index is 1.81. The zero-order chi connectivity index (χ0) is 16.5. The summed E-state index contributed by atoms with van der Waals surface area (Å²) < 4.78 is 2.09. The Kier molecular flexibility index (Phi) is 7.19. The monoisotopic (exact) mass is 315 g/mol. The second kappa shape index (κ2) is 9.39. The number of rotatable bonds is 6. The summed E-state index contributed by atoms with van der Waals surface area (Å²) in [6.45, 7) is 4.24. The molecule has 1 aromatic rings. The van der Waals surface area contributed by atoms with E-state index < -0.39 is 0 Å². The fourth-order valence-electron chi connectivity index (χ4n) is 3.13. The van der Waals surface area contributed by atoms with Crippen LogP contribution in [0.3, 0.4) is 0 Å². The topological polar surface area (TPSA) is 46.9 Å². The van der Waals surface area contributed by atoms with Crippen molar-refractivity contribution >= 4 is 11.7 Å². The number of aryl methyl sites for hydroxylation is 1. The second-order valence-corrected chi connectivity index (χ2v) is 6.44. The van der Waals surface area contributed by atoms with Crippen LogP contribution in [-0.4, -0.2) is 15.7 Å². The highest BCUT2D eigenvalue weighted by Crippen LogP contribution is 2.29. The number of amides is 1. The Hall–Kier alpha value is -1.76. The summed E-state index contributed by atoms with van der Waals surface area (Å²) in [7, 11) is 0. The molecule has 1 N–H and O–H groups in total. The van der Waals surface area contributed by atoms with Gasteiger partial charge in [0.2, 0.25) is 5.91 Å². The van der Waals surface area contributed by atoms with E-state index in [1.807, 2.05) is 6.07 Å². The first kappa shape index (κ1) is 17.6. The predicted molar refractivity (Wildman–Crippen MR) is 94.3 cm³/mol. The van der Waals surface area contributed by atoms with Crippen molar-refractivity contribution in [2.75, 3.05) is 5.32 Å². The standard InChI is InChI=1S/C19H29N3O/c1-3-4-5-6-7-11-14-19(23)20-18-15-16(2)22(21-18)17-12-9-8-10-13-17/h15,17H,3-6,8-10,12-14H2,1-2H3,(H,20,21,23). The van der Waals surface area contributed by atoms with Crippen LogP contribution in [0.15, 0.2) is 6.07 Å². The Morgan fingerprint density at radius 2 is 2.09 bits per heavy atom. The third kappa shape index (κ3) is 5.74. The summed E-state index contributed by atoms with van der Waals surface area (Å²) >= 11 is 0. The van der Waals surface area contributed by atoms with Gasteiger partial charge in [0.25, 0.3) is 0 Å². The molecule has 0 aromatic carbocycles. The first-order valence-corrected chi connectivity index (χ1v) is 9.02. The van der Waals surface area contributed by atoms with Crippen molar-refractivity contribution in [3.05, 3.63) is 11.8 Å². The minimum atomic E-state index is -0.0683. The van der Waals surface area contributed by atoms with Crippen LogP contribution >= 0.6 is 0 Å². The number of nitrogens with one attached hydrogen (secondary N) is 1. The third-order valence-electron chi connectivity index (χ3n) is 4.39. The van der Waals surface area contributed by atoms with E-state index in [0.29, 0.717) is 11.9 Å². The Morgan fingerprint density at radius 1 is 1.30 bits per heavy atom. The van der Waals surface area contributed by atoms with Gasteiger partial charge in [-0.1, -0.05) is 44.9 Å². The van der Waals surface area contributed by atoms with Crippen LogP contribution in [0, 0.1) is 18.8 Å². The molecule has 1 saturated carbocycles. The lowest BCUT2D eigenvalue weighted by atomic mass is 9.95. The lowest BCUT2D eigenvalue weighted by Crippen LogP contribution is -2.16. The van der Waals surface area contributed by atoms with Gasteiger partial charge in [-0.2, -0.15) is 5.10 Å². The van der Waals surface area contributed by atoms with Crippen LogP contribution in [0.25, 0.3) is 0 Å². The average molecular weight is 315 g/mol. The van der Waals surface area contributed by atoms with E-state index in [0.717, 1.165) is 18.5 Å². The van der Waals surface area contributed by atoms with Crippen LogP contribution in [0.4, 0.5) is 5.82 Å². The van der Waals surface area contributed by atoms with Crippen LogP contribution in [0.2, 0.25) is 0 Å². The fourth-order valence-corrected chi connectivity index (χ4v) is 3.13. The summed E-state index contributed by atoms with van der Waals surface area (Å²) in [4.78, 5) is 11.9. The Bertz CT molecular complexity index is 559. The Morgan fingerprint density at radius 3 is 2.83 bits per heavy atom. The molecule has 1 aliphatic carbocycles. The van der Waals surface area contributed by atoms with E-state index in [4.69, 9.17) is 0 Å². The minimum Gasteiger partial charge on any atom is -0.308 e. The summed E-state index contributed by atoms with van der Waals surface area (Å²) in [5.41, 5.74) is 1.12. The molecule has 0 atom stereocenters. The second-order valence-electron chi connectivity index (χ2n) is 6.44. The van der Waals surface area contributed by atoms with Crippen molar-refractivity contribution < 1.29 is 4.79 Å². The number of carbonyl (C=O) groups excluding carboxylic acids is 1. The molecule has 0 radical (unpaired) electrons. The lowest BCUT2D eigenvalue weighted by molar-refractivity contribution is -0.115. The maximum absolute atomic E-state index is 11.9. The van der Waals surface area contributed by atoms with Crippen molar-refractivity contribution in [1.29, 1.82) is 0 Å². The molecule has 0 saturated heterocycles. The Labute approximate surface area is 140 Å². The van der Waals surface area contributed by atoms with E-state index in [9.17, 15) is 4.79 Å². The van der Waals surface area contributed by atoms with Gasteiger partial charge >= 0.3 is 0 Å². The van der Waals surface area contributed by atoms with Crippen LogP contribution < -0.4 is 5.32 Å². The quantitative estimate of drug-likeness (QED) is 0.615. The van der Waals surface area contributed by atoms with Crippen LogP contribution in [0.5, 0.6) is 0 Å². The molecule has 0 unspecified atom stereocenters. The van der Waals surface area contributed by atoms with Gasteiger partial charge in [0.1, 0.15) is 0 Å². The van der Waals surface area contributed by atoms with Crippen molar-refractivity contribution in [2.45, 2.75) is 84.1 Å². The summed E-state index contributed by atoms with van der Waals surface area (Å²) in [5.74, 6) is 6.61. The third-order valence-corrected chi connectivity index (χ3v) is 4.39. The summed E-state index contributed by atoms with van der Waals surface area (Å²) in [5, 5.41) is 7.45. The van der Waals surface area contributed by atoms with E-state index >= 15 is 0 Å². The molecule has 0 spiro atoms. The van der Waals surface area contributed by atoms with Gasteiger partial charge in [0, 0.05) is 18.2 Å². The van der Waals surface area contributed by atoms with Gasteiger partial charge in [-0.15, -0.1) is 5.92 Å². The van der Waals surface area contributed by atoms with E-state index in [-0.39, 0.29) is 12.3 Å². The van der Waals surface area contributed by atoms with Gasteiger partial charge in [0.15, 0.2) is 5.82 Å². The smallest absolute Gasteiger partial charge is 0.237 e. The van der Waals surface area contributed by atoms with Crippen molar-refractivity contribution in [3.8, 4) is 11.8 Å². The number of nitrogens with zero attached hydrogens (tertiary/aromatic N) is 2. The SMILES string of the molecule is CCCCCC#CCC(=O)Nc1cc(C)n(C2CCCCC2)n1. The molecule has 4 heteroatoms. The number of hydrogen-bond acceptors (Lipinski definition) is 2. The largest absolute Gasteiger partial charge is 0.308 e. The number of aromatic nitrogens is 2. The molecule has 1 fully saturated rings. The number of anilines is 1. The van der Waals surface area contributed by atoms with Crippen molar-refractivity contribution in [1.82, 2.24) is 9.78 Å². The predicted octanol–water partition coefficient (Wildman–Crippen LogP) is 4.61. The molecule has 1 aliphatic rings. The van der Waals surface area contributed by atoms with Gasteiger partial charge in [-0.3, -0.25) is 9.48 Å². The summed E-state index contributed by atoms with van der Waals surface area (Å²) in [6.07, 6.45) is 10.9. The van der Waals surface area contributed by atoms with Gasteiger partial charge in [0.05, 0.1) is 12.5 Å². The molecular weight excluding hydrogens is 286 g/mol. The first-order chi connectivity index (χ1) is 11.2. The van der Waals surface area contributed by atoms with E-state index in [1.54, 1.807) is 0 Å². The average Bonchev–Trinajstić information content (AvgIpc) is 2.92. The molecule has 0 aliphatic heterocycles. The first-order valence-electron chi connectivity index (χ1n) is 9.02. The molecule has 2 rings (SSSR count). The highest BCUT2D eigenvalue weighted by molar-refractivity contribution is 5.91. The number of hydrogen-bond donors (Lipinski definition) is 1. The molecule has 23 heavy (non-hydrogen) atoms. The zero-order valence-corrected chi connectivity index (χ0v) is 14.5. The lowest BCUT2D eigenvalue weighted by Gasteiger charge is -2.23. The van der Waals surface area contributed by atoms with E-state index in [1.165, 1.54) is 44.9 Å². The molecular formula is C19H29N3O. The minimum absolute atomic E-state index is 0.0683. The number of carbonyl (C=O) groups is 1. The normalized spacial score (nSPS) is 15.0. The highest BCUT2D eigenvalue weighted by Gasteiger charge is 2.18. The molecule has 0 bridgehead atoms. The van der Waals surface area contributed by atoms with Crippen LogP contribution in [-0.2, 0) is 4.79 Å². The molecule has 1 aromatic heterocycles. The maximum atomic E-state index is 11.9. The number of unbranched alkanes of at least 4 members (excludes halogenated alkanes) is 3. The van der Waals surface area contributed by atoms with E-state index in [2.05, 4.69) is 40.8 Å². The van der Waals surface area contributed by atoms with Gasteiger partial charge in [-0.25, -0.2) is 0 Å². The zero-order valence-electron chi connectivity index (χ0n) is 14.5. The van der Waals surface area contributed by atoms with Crippen LogP contribution in [0.1, 0.15) is 82.9 Å².